The summed E-state index contributed by atoms with van der Waals surface area (Å²) in [6, 6.07) is -0.274. The molecule has 1 saturated heterocycles. The van der Waals surface area contributed by atoms with Crippen molar-refractivity contribution in [1.29, 1.82) is 0 Å². The number of hydrogen-bond acceptors (Lipinski definition) is 5. The van der Waals surface area contributed by atoms with E-state index in [2.05, 4.69) is 5.32 Å². The number of primary amides is 1. The lowest BCUT2D eigenvalue weighted by Gasteiger charge is -2.28. The normalized spacial score (nSPS) is 15.4. The van der Waals surface area contributed by atoms with Gasteiger partial charge in [-0.15, -0.1) is 0 Å². The molecule has 0 bridgehead atoms. The highest BCUT2D eigenvalue weighted by Crippen LogP contribution is 2.37. The minimum absolute atomic E-state index is 0.0282. The van der Waals surface area contributed by atoms with Gasteiger partial charge in [-0.05, 0) is 32.0 Å². The summed E-state index contributed by atoms with van der Waals surface area (Å²) in [5, 5.41) is 6.34. The molecule has 0 aromatic heterocycles. The van der Waals surface area contributed by atoms with Crippen LogP contribution in [0.1, 0.15) is 19.4 Å². The van der Waals surface area contributed by atoms with Gasteiger partial charge in [-0.2, -0.15) is 13.2 Å². The first-order chi connectivity index (χ1) is 14.4. The van der Waals surface area contributed by atoms with Crippen LogP contribution >= 0.6 is 0 Å². The Labute approximate surface area is 175 Å². The molecule has 2 rings (SSSR count). The third kappa shape index (κ3) is 6.31. The van der Waals surface area contributed by atoms with Crippen LogP contribution in [-0.2, 0) is 25.3 Å². The molecule has 0 aliphatic carbocycles. The molecule has 0 unspecified atom stereocenters. The van der Waals surface area contributed by atoms with Crippen molar-refractivity contribution in [3.05, 3.63) is 23.8 Å². The van der Waals surface area contributed by atoms with Crippen molar-refractivity contribution in [2.24, 2.45) is 5.73 Å². The largest absolute Gasteiger partial charge is 0.418 e. The number of urea groups is 1. The first-order valence-electron chi connectivity index (χ1n) is 9.16. The molecule has 1 atom stereocenters. The highest BCUT2D eigenvalue weighted by Gasteiger charge is 2.36. The number of ether oxygens (including phenoxy) is 1. The van der Waals surface area contributed by atoms with Crippen LogP contribution in [0.2, 0.25) is 0 Å². The SMILES string of the molecule is CC(C)NC(=O)N[C@@H](C(N)=O)C(=O)Nc1ccc(N2CCOCC2=O)cc1C(F)(F)F. The van der Waals surface area contributed by atoms with Gasteiger partial charge in [0.25, 0.3) is 11.8 Å². The molecule has 0 saturated carbocycles. The van der Waals surface area contributed by atoms with Gasteiger partial charge in [-0.3, -0.25) is 14.4 Å². The summed E-state index contributed by atoms with van der Waals surface area (Å²) in [7, 11) is 0. The fraction of sp³-hybridized carbons (Fsp3) is 0.444. The Morgan fingerprint density at radius 2 is 1.87 bits per heavy atom. The molecule has 13 heteroatoms. The lowest BCUT2D eigenvalue weighted by atomic mass is 10.1. The summed E-state index contributed by atoms with van der Waals surface area (Å²) in [5.74, 6) is -3.03. The number of halogens is 3. The average Bonchev–Trinajstić information content (AvgIpc) is 2.65. The van der Waals surface area contributed by atoms with Gasteiger partial charge < -0.3 is 31.3 Å². The van der Waals surface area contributed by atoms with Gasteiger partial charge in [0.2, 0.25) is 5.91 Å². The van der Waals surface area contributed by atoms with E-state index in [0.717, 1.165) is 11.0 Å². The number of nitrogens with zero attached hydrogens (tertiary/aromatic N) is 1. The van der Waals surface area contributed by atoms with E-state index < -0.39 is 47.2 Å². The van der Waals surface area contributed by atoms with Crippen LogP contribution in [0.3, 0.4) is 0 Å². The lowest BCUT2D eigenvalue weighted by Crippen LogP contribution is -2.55. The van der Waals surface area contributed by atoms with Gasteiger partial charge in [0.1, 0.15) is 6.61 Å². The molecule has 1 heterocycles. The predicted octanol–water partition coefficient (Wildman–Crippen LogP) is 0.569. The number of amides is 5. The molecule has 1 aromatic rings. The molecule has 5 N–H and O–H groups in total. The Kier molecular flexibility index (Phi) is 7.44. The van der Waals surface area contributed by atoms with E-state index in [0.29, 0.717) is 6.07 Å². The molecule has 170 valence electrons. The van der Waals surface area contributed by atoms with E-state index in [1.165, 1.54) is 6.07 Å². The second kappa shape index (κ2) is 9.64. The minimum atomic E-state index is -4.89. The predicted molar refractivity (Wildman–Crippen MR) is 103 cm³/mol. The van der Waals surface area contributed by atoms with Gasteiger partial charge in [-0.25, -0.2) is 4.79 Å². The van der Waals surface area contributed by atoms with Gasteiger partial charge >= 0.3 is 12.2 Å². The van der Waals surface area contributed by atoms with Crippen molar-refractivity contribution in [2.45, 2.75) is 32.1 Å². The molecule has 0 spiro atoms. The summed E-state index contributed by atoms with van der Waals surface area (Å²) in [4.78, 5) is 48.8. The maximum Gasteiger partial charge on any atom is 0.418 e. The van der Waals surface area contributed by atoms with E-state index in [1.54, 1.807) is 13.8 Å². The molecular formula is C18H22F3N5O5. The van der Waals surface area contributed by atoms with Gasteiger partial charge in [0.05, 0.1) is 17.9 Å². The zero-order chi connectivity index (χ0) is 23.3. The number of nitrogens with two attached hydrogens (primary N) is 1. The number of carbonyl (C=O) groups is 4. The van der Waals surface area contributed by atoms with Gasteiger partial charge in [0, 0.05) is 18.3 Å². The minimum Gasteiger partial charge on any atom is -0.370 e. The summed E-state index contributed by atoms with van der Waals surface area (Å²) < 4.78 is 45.8. The summed E-state index contributed by atoms with van der Waals surface area (Å²) >= 11 is 0. The van der Waals surface area contributed by atoms with Crippen molar-refractivity contribution in [1.82, 2.24) is 10.6 Å². The van der Waals surface area contributed by atoms with Crippen molar-refractivity contribution in [3.8, 4) is 0 Å². The average molecular weight is 445 g/mol. The lowest BCUT2D eigenvalue weighted by molar-refractivity contribution is -0.137. The summed E-state index contributed by atoms with van der Waals surface area (Å²) in [6.07, 6.45) is -4.89. The molecule has 1 aliphatic rings. The van der Waals surface area contributed by atoms with Crippen LogP contribution in [0.25, 0.3) is 0 Å². The van der Waals surface area contributed by atoms with Crippen LogP contribution in [-0.4, -0.2) is 55.6 Å². The van der Waals surface area contributed by atoms with E-state index in [-0.39, 0.29) is 31.5 Å². The Balaban J connectivity index is 2.29. The smallest absolute Gasteiger partial charge is 0.370 e. The molecule has 0 radical (unpaired) electrons. The standard InChI is InChI=1S/C18H22F3N5O5/c1-9(2)23-17(30)25-14(15(22)28)16(29)24-12-4-3-10(7-11(12)18(19,20)21)26-5-6-31-8-13(26)27/h3-4,7,9,14H,5-6,8H2,1-2H3,(H2,22,28)(H,24,29)(H2,23,25,30)/t14-/m0/s1. The maximum absolute atomic E-state index is 13.6. The number of nitrogens with one attached hydrogen (secondary N) is 3. The molecule has 31 heavy (non-hydrogen) atoms. The van der Waals surface area contributed by atoms with Crippen molar-refractivity contribution in [2.75, 3.05) is 30.0 Å². The first kappa shape index (κ1) is 23.9. The molecule has 5 amide bonds. The van der Waals surface area contributed by atoms with Crippen LogP contribution < -0.4 is 26.6 Å². The Hall–Kier alpha value is -3.35. The fourth-order valence-corrected chi connectivity index (χ4v) is 2.74. The number of morpholine rings is 1. The zero-order valence-corrected chi connectivity index (χ0v) is 16.7. The summed E-state index contributed by atoms with van der Waals surface area (Å²) in [6.45, 7) is 3.21. The number of rotatable bonds is 6. The van der Waals surface area contributed by atoms with E-state index in [1.807, 2.05) is 10.6 Å². The quantitative estimate of drug-likeness (QED) is 0.474. The number of benzene rings is 1. The zero-order valence-electron chi connectivity index (χ0n) is 16.7. The van der Waals surface area contributed by atoms with Crippen LogP contribution in [0, 0.1) is 0 Å². The number of anilines is 2. The highest BCUT2D eigenvalue weighted by molar-refractivity contribution is 6.11. The van der Waals surface area contributed by atoms with Crippen molar-refractivity contribution in [3.63, 3.8) is 0 Å². The Morgan fingerprint density at radius 3 is 2.42 bits per heavy atom. The number of hydrogen-bond donors (Lipinski definition) is 4. The third-order valence-electron chi connectivity index (χ3n) is 4.11. The van der Waals surface area contributed by atoms with Crippen LogP contribution in [0.15, 0.2) is 18.2 Å². The number of carbonyl (C=O) groups excluding carboxylic acids is 4. The molecule has 1 fully saturated rings. The van der Waals surface area contributed by atoms with Gasteiger partial charge in [-0.1, -0.05) is 0 Å². The van der Waals surface area contributed by atoms with Crippen LogP contribution in [0.4, 0.5) is 29.3 Å². The number of alkyl halides is 3. The van der Waals surface area contributed by atoms with E-state index in [9.17, 15) is 32.3 Å². The topological polar surface area (TPSA) is 143 Å². The first-order valence-corrected chi connectivity index (χ1v) is 9.16. The van der Waals surface area contributed by atoms with Gasteiger partial charge in [0.15, 0.2) is 6.04 Å². The molecule has 10 nitrogen and oxygen atoms in total. The molecular weight excluding hydrogens is 423 g/mol. The molecule has 1 aromatic carbocycles. The van der Waals surface area contributed by atoms with E-state index in [4.69, 9.17) is 10.5 Å². The Morgan fingerprint density at radius 1 is 1.19 bits per heavy atom. The second-order valence-electron chi connectivity index (χ2n) is 6.92. The fourth-order valence-electron chi connectivity index (χ4n) is 2.74. The third-order valence-corrected chi connectivity index (χ3v) is 4.11. The maximum atomic E-state index is 13.6. The van der Waals surface area contributed by atoms with Crippen LogP contribution in [0.5, 0.6) is 0 Å². The monoisotopic (exact) mass is 445 g/mol. The van der Waals surface area contributed by atoms with Crippen molar-refractivity contribution >= 4 is 35.1 Å². The second-order valence-corrected chi connectivity index (χ2v) is 6.92. The van der Waals surface area contributed by atoms with Crippen molar-refractivity contribution < 1.29 is 37.1 Å². The summed E-state index contributed by atoms with van der Waals surface area (Å²) in [5.41, 5.74) is 3.17. The molecule has 1 aliphatic heterocycles. The Bertz CT molecular complexity index is 875. The highest BCUT2D eigenvalue weighted by atomic mass is 19.4. The van der Waals surface area contributed by atoms with E-state index >= 15 is 0 Å².